The van der Waals surface area contributed by atoms with Crippen LogP contribution in [0.4, 0.5) is 0 Å². The Labute approximate surface area is 137 Å². The van der Waals surface area contributed by atoms with Gasteiger partial charge in [-0.15, -0.1) is 0 Å². The summed E-state index contributed by atoms with van der Waals surface area (Å²) in [6.45, 7) is 1.91. The summed E-state index contributed by atoms with van der Waals surface area (Å²) in [7, 11) is 0. The zero-order chi connectivity index (χ0) is 16.3. The van der Waals surface area contributed by atoms with E-state index in [0.29, 0.717) is 0 Å². The highest BCUT2D eigenvalue weighted by molar-refractivity contribution is 5.25. The SMILES string of the molecule is OCC1CO1.OCC1CO1.c1ccc(Cc2ccccc2)cc1. The van der Waals surface area contributed by atoms with Crippen LogP contribution in [0.5, 0.6) is 0 Å². The smallest absolute Gasteiger partial charge is 0.104 e. The molecule has 124 valence electrons. The Morgan fingerprint density at radius 2 is 1.04 bits per heavy atom. The Morgan fingerprint density at radius 3 is 1.26 bits per heavy atom. The minimum atomic E-state index is 0.190. The van der Waals surface area contributed by atoms with Gasteiger partial charge in [0, 0.05) is 0 Å². The van der Waals surface area contributed by atoms with Gasteiger partial charge in [0.2, 0.25) is 0 Å². The van der Waals surface area contributed by atoms with E-state index in [4.69, 9.17) is 10.2 Å². The van der Waals surface area contributed by atoms with E-state index in [1.54, 1.807) is 0 Å². The third kappa shape index (κ3) is 8.47. The molecule has 0 aromatic heterocycles. The van der Waals surface area contributed by atoms with Crippen LogP contribution in [0.15, 0.2) is 60.7 Å². The second kappa shape index (κ2) is 10.1. The van der Waals surface area contributed by atoms with Crippen molar-refractivity contribution in [3.63, 3.8) is 0 Å². The van der Waals surface area contributed by atoms with Gasteiger partial charge in [0.25, 0.3) is 0 Å². The topological polar surface area (TPSA) is 65.5 Å². The number of epoxide rings is 2. The Bertz CT molecular complexity index is 472. The largest absolute Gasteiger partial charge is 0.394 e. The molecule has 0 bridgehead atoms. The maximum Gasteiger partial charge on any atom is 0.104 e. The van der Waals surface area contributed by atoms with Crippen LogP contribution < -0.4 is 0 Å². The molecule has 4 rings (SSSR count). The minimum Gasteiger partial charge on any atom is -0.394 e. The highest BCUT2D eigenvalue weighted by Crippen LogP contribution is 2.08. The third-order valence-corrected chi connectivity index (χ3v) is 3.31. The summed E-state index contributed by atoms with van der Waals surface area (Å²) in [5.41, 5.74) is 2.74. The van der Waals surface area contributed by atoms with Crippen LogP contribution in [-0.2, 0) is 15.9 Å². The second-order valence-electron chi connectivity index (χ2n) is 5.42. The van der Waals surface area contributed by atoms with Gasteiger partial charge in [-0.1, -0.05) is 60.7 Å². The number of benzene rings is 2. The summed E-state index contributed by atoms with van der Waals surface area (Å²) >= 11 is 0. The van der Waals surface area contributed by atoms with Crippen LogP contribution >= 0.6 is 0 Å². The van der Waals surface area contributed by atoms with Crippen LogP contribution in [0.2, 0.25) is 0 Å². The second-order valence-corrected chi connectivity index (χ2v) is 5.42. The van der Waals surface area contributed by atoms with Crippen molar-refractivity contribution in [3.8, 4) is 0 Å². The Morgan fingerprint density at radius 1 is 0.696 bits per heavy atom. The summed E-state index contributed by atoms with van der Waals surface area (Å²) in [5.74, 6) is 0. The molecule has 0 spiro atoms. The lowest BCUT2D eigenvalue weighted by Gasteiger charge is -2.00. The molecule has 0 aliphatic carbocycles. The summed E-state index contributed by atoms with van der Waals surface area (Å²) in [6.07, 6.45) is 1.41. The van der Waals surface area contributed by atoms with Crippen molar-refractivity contribution in [2.75, 3.05) is 26.4 Å². The van der Waals surface area contributed by atoms with E-state index in [-0.39, 0.29) is 25.4 Å². The van der Waals surface area contributed by atoms with Crippen molar-refractivity contribution < 1.29 is 19.7 Å². The highest BCUT2D eigenvalue weighted by atomic mass is 16.6. The van der Waals surface area contributed by atoms with Crippen molar-refractivity contribution in [1.82, 2.24) is 0 Å². The average Bonchev–Trinajstić information content (AvgIpc) is 3.52. The number of ether oxygens (including phenoxy) is 2. The predicted molar refractivity (Wildman–Crippen MR) is 89.3 cm³/mol. The van der Waals surface area contributed by atoms with Crippen molar-refractivity contribution in [2.45, 2.75) is 18.6 Å². The fraction of sp³-hybridized carbons (Fsp3) is 0.368. The van der Waals surface area contributed by atoms with Gasteiger partial charge in [0.1, 0.15) is 12.2 Å². The summed E-state index contributed by atoms with van der Waals surface area (Å²) in [5, 5.41) is 16.2. The van der Waals surface area contributed by atoms with Gasteiger partial charge in [-0.05, 0) is 17.5 Å². The standard InChI is InChI=1S/C13H12.2C3H6O2/c1-3-7-12(8-4-1)11-13-9-5-2-6-10-13;2*4-1-3-2-5-3/h1-10H,11H2;2*3-4H,1-2H2. The molecule has 2 aliphatic rings. The fourth-order valence-electron chi connectivity index (χ4n) is 1.77. The van der Waals surface area contributed by atoms with Crippen molar-refractivity contribution in [2.24, 2.45) is 0 Å². The molecule has 0 saturated carbocycles. The molecular weight excluding hydrogens is 292 g/mol. The van der Waals surface area contributed by atoms with Gasteiger partial charge in [-0.2, -0.15) is 0 Å². The van der Waals surface area contributed by atoms with Crippen LogP contribution in [0.25, 0.3) is 0 Å². The lowest BCUT2D eigenvalue weighted by Crippen LogP contribution is -1.88. The van der Waals surface area contributed by atoms with E-state index in [9.17, 15) is 0 Å². The van der Waals surface area contributed by atoms with Gasteiger partial charge in [0.05, 0.1) is 26.4 Å². The number of hydrogen-bond acceptors (Lipinski definition) is 4. The molecule has 2 aromatic carbocycles. The molecule has 2 aliphatic heterocycles. The third-order valence-electron chi connectivity index (χ3n) is 3.31. The average molecular weight is 316 g/mol. The van der Waals surface area contributed by atoms with Crippen LogP contribution in [-0.4, -0.2) is 48.8 Å². The first-order valence-corrected chi connectivity index (χ1v) is 7.84. The van der Waals surface area contributed by atoms with Gasteiger partial charge in [-0.3, -0.25) is 0 Å². The lowest BCUT2D eigenvalue weighted by molar-refractivity contribution is 0.244. The van der Waals surface area contributed by atoms with Gasteiger partial charge < -0.3 is 19.7 Å². The summed E-state index contributed by atoms with van der Waals surface area (Å²) in [6, 6.07) is 21.1. The first-order chi connectivity index (χ1) is 11.3. The predicted octanol–water partition coefficient (Wildman–Crippen LogP) is 2.03. The number of rotatable bonds is 4. The molecule has 2 fully saturated rings. The Kier molecular flexibility index (Phi) is 7.77. The molecule has 23 heavy (non-hydrogen) atoms. The zero-order valence-corrected chi connectivity index (χ0v) is 13.2. The minimum absolute atomic E-state index is 0.190. The Hall–Kier alpha value is -1.72. The number of aliphatic hydroxyl groups excluding tert-OH is 2. The van der Waals surface area contributed by atoms with E-state index < -0.39 is 0 Å². The van der Waals surface area contributed by atoms with Gasteiger partial charge in [0.15, 0.2) is 0 Å². The monoisotopic (exact) mass is 316 g/mol. The number of aliphatic hydroxyl groups is 2. The molecule has 4 nitrogen and oxygen atoms in total. The number of hydrogen-bond donors (Lipinski definition) is 2. The van der Waals surface area contributed by atoms with Gasteiger partial charge >= 0.3 is 0 Å². The van der Waals surface area contributed by atoms with Crippen molar-refractivity contribution in [3.05, 3.63) is 71.8 Å². The molecule has 2 N–H and O–H groups in total. The first-order valence-electron chi connectivity index (χ1n) is 7.84. The van der Waals surface area contributed by atoms with E-state index in [2.05, 4.69) is 70.1 Å². The Balaban J connectivity index is 0.000000156. The van der Waals surface area contributed by atoms with E-state index in [1.165, 1.54) is 11.1 Å². The molecular formula is C19H24O4. The molecule has 2 atom stereocenters. The van der Waals surface area contributed by atoms with Gasteiger partial charge in [-0.25, -0.2) is 0 Å². The molecule has 2 saturated heterocycles. The maximum atomic E-state index is 8.08. The van der Waals surface area contributed by atoms with E-state index in [1.807, 2.05) is 0 Å². The van der Waals surface area contributed by atoms with Crippen molar-refractivity contribution >= 4 is 0 Å². The molecule has 2 heterocycles. The summed E-state index contributed by atoms with van der Waals surface area (Å²) < 4.78 is 9.22. The molecule has 0 radical (unpaired) electrons. The fourth-order valence-corrected chi connectivity index (χ4v) is 1.77. The van der Waals surface area contributed by atoms with E-state index >= 15 is 0 Å². The first kappa shape index (κ1) is 17.6. The molecule has 2 aromatic rings. The highest BCUT2D eigenvalue weighted by Gasteiger charge is 2.20. The summed E-state index contributed by atoms with van der Waals surface area (Å²) in [4.78, 5) is 0. The maximum absolute atomic E-state index is 8.08. The van der Waals surface area contributed by atoms with Crippen molar-refractivity contribution in [1.29, 1.82) is 0 Å². The zero-order valence-electron chi connectivity index (χ0n) is 13.2. The molecule has 0 amide bonds. The molecule has 2 unspecified atom stereocenters. The lowest BCUT2D eigenvalue weighted by atomic mass is 10.1. The van der Waals surface area contributed by atoms with Crippen LogP contribution in [0.3, 0.4) is 0 Å². The van der Waals surface area contributed by atoms with Crippen LogP contribution in [0, 0.1) is 0 Å². The molecule has 4 heteroatoms. The van der Waals surface area contributed by atoms with E-state index in [0.717, 1.165) is 19.6 Å². The quantitative estimate of drug-likeness (QED) is 0.847. The normalized spacial score (nSPS) is 20.4. The van der Waals surface area contributed by atoms with Crippen LogP contribution in [0.1, 0.15) is 11.1 Å².